The van der Waals surface area contributed by atoms with Gasteiger partial charge in [-0.2, -0.15) is 4.31 Å². The van der Waals surface area contributed by atoms with Gasteiger partial charge < -0.3 is 10.4 Å². The first kappa shape index (κ1) is 22.8. The summed E-state index contributed by atoms with van der Waals surface area (Å²) in [6.07, 6.45) is 5.25. The van der Waals surface area contributed by atoms with E-state index >= 15 is 0 Å². The fourth-order valence-corrected chi connectivity index (χ4v) is 6.30. The molecule has 1 aromatic carbocycles. The Hall–Kier alpha value is -3.02. The lowest BCUT2D eigenvalue weighted by atomic mass is 10.1. The molecule has 11 heteroatoms. The Morgan fingerprint density at radius 2 is 2.09 bits per heavy atom. The molecule has 9 nitrogen and oxygen atoms in total. The maximum Gasteiger partial charge on any atom is 0.223 e. The molecule has 1 aliphatic rings. The van der Waals surface area contributed by atoms with E-state index in [2.05, 4.69) is 10.3 Å². The van der Waals surface area contributed by atoms with Crippen LogP contribution in [-0.4, -0.2) is 61.6 Å². The standard InChI is InChI=1S/C23H26N6O3S2/c1-15(2)34(31,32)28-10-4-6-17(14-28)25-22-24-9-8-19(26-22)21-20(16-5-3-7-18(30)13-16)27-23-29(21)11-12-33-23/h3,5,7-9,11-13,15,17,30H,4,6,10,14H2,1-2H3,(H,24,25,26)/t17-/m1/s1. The fourth-order valence-electron chi connectivity index (χ4n) is 4.22. The Labute approximate surface area is 202 Å². The molecule has 4 aromatic rings. The summed E-state index contributed by atoms with van der Waals surface area (Å²) in [5.41, 5.74) is 3.00. The van der Waals surface area contributed by atoms with Crippen molar-refractivity contribution < 1.29 is 13.5 Å². The molecule has 0 radical (unpaired) electrons. The molecule has 1 atom stereocenters. The van der Waals surface area contributed by atoms with Crippen molar-refractivity contribution in [1.82, 2.24) is 23.7 Å². The Balaban J connectivity index is 1.46. The summed E-state index contributed by atoms with van der Waals surface area (Å²) in [4.78, 5) is 14.8. The van der Waals surface area contributed by atoms with Gasteiger partial charge in [0.25, 0.3) is 0 Å². The minimum Gasteiger partial charge on any atom is -0.508 e. The van der Waals surface area contributed by atoms with E-state index in [0.717, 1.165) is 34.8 Å². The quantitative estimate of drug-likeness (QED) is 0.415. The molecule has 5 rings (SSSR count). The highest BCUT2D eigenvalue weighted by Crippen LogP contribution is 2.34. The van der Waals surface area contributed by atoms with E-state index in [0.29, 0.717) is 24.7 Å². The second-order valence-corrected chi connectivity index (χ2v) is 12.0. The van der Waals surface area contributed by atoms with Crippen molar-refractivity contribution in [2.45, 2.75) is 38.0 Å². The molecule has 0 aliphatic carbocycles. The fraction of sp³-hybridized carbons (Fsp3) is 0.348. The van der Waals surface area contributed by atoms with E-state index in [-0.39, 0.29) is 11.8 Å². The van der Waals surface area contributed by atoms with Crippen molar-refractivity contribution in [3.63, 3.8) is 0 Å². The SMILES string of the molecule is CC(C)S(=O)(=O)N1CCC[C@@H](Nc2nccc(-c3c(-c4cccc(O)c4)nc4sccn34)n2)C1. The third-order valence-electron chi connectivity index (χ3n) is 5.95. The third kappa shape index (κ3) is 4.26. The molecular formula is C23H26N6O3S2. The molecule has 34 heavy (non-hydrogen) atoms. The second kappa shape index (κ2) is 8.97. The van der Waals surface area contributed by atoms with Gasteiger partial charge in [0.05, 0.1) is 16.6 Å². The number of nitrogens with zero attached hydrogens (tertiary/aromatic N) is 5. The van der Waals surface area contributed by atoms with Crippen LogP contribution in [0.25, 0.3) is 27.6 Å². The van der Waals surface area contributed by atoms with Crippen molar-refractivity contribution in [2.75, 3.05) is 18.4 Å². The number of rotatable bonds is 6. The number of thiazole rings is 1. The van der Waals surface area contributed by atoms with Gasteiger partial charge in [0, 0.05) is 42.5 Å². The van der Waals surface area contributed by atoms with Gasteiger partial charge in [-0.1, -0.05) is 12.1 Å². The number of phenols is 1. The first-order chi connectivity index (χ1) is 16.3. The summed E-state index contributed by atoms with van der Waals surface area (Å²) in [5, 5.41) is 14.8. The molecule has 2 N–H and O–H groups in total. The van der Waals surface area contributed by atoms with Crippen LogP contribution in [0.5, 0.6) is 5.75 Å². The Kier molecular flexibility index (Phi) is 6.00. The second-order valence-electron chi connectivity index (χ2n) is 8.62. The molecule has 1 fully saturated rings. The molecule has 0 unspecified atom stereocenters. The number of anilines is 1. The van der Waals surface area contributed by atoms with Crippen LogP contribution in [0.1, 0.15) is 26.7 Å². The molecule has 178 valence electrons. The molecule has 3 aromatic heterocycles. The highest BCUT2D eigenvalue weighted by atomic mass is 32.2. The van der Waals surface area contributed by atoms with E-state index in [4.69, 9.17) is 9.97 Å². The first-order valence-electron chi connectivity index (χ1n) is 11.2. The van der Waals surface area contributed by atoms with Crippen LogP contribution in [-0.2, 0) is 10.0 Å². The molecule has 1 saturated heterocycles. The number of imidazole rings is 1. The van der Waals surface area contributed by atoms with Gasteiger partial charge in [0.2, 0.25) is 16.0 Å². The number of benzene rings is 1. The van der Waals surface area contributed by atoms with Crippen molar-refractivity contribution in [3.8, 4) is 28.4 Å². The van der Waals surface area contributed by atoms with Gasteiger partial charge in [-0.25, -0.2) is 23.4 Å². The van der Waals surface area contributed by atoms with E-state index in [1.165, 1.54) is 11.3 Å². The van der Waals surface area contributed by atoms with Gasteiger partial charge in [-0.15, -0.1) is 11.3 Å². The third-order valence-corrected chi connectivity index (χ3v) is 8.95. The number of hydrogen-bond donors (Lipinski definition) is 2. The summed E-state index contributed by atoms with van der Waals surface area (Å²) < 4.78 is 28.8. The summed E-state index contributed by atoms with van der Waals surface area (Å²) >= 11 is 1.52. The van der Waals surface area contributed by atoms with E-state index in [1.807, 2.05) is 28.1 Å². The zero-order valence-electron chi connectivity index (χ0n) is 18.9. The van der Waals surface area contributed by atoms with E-state index in [1.54, 1.807) is 42.5 Å². The predicted molar refractivity (Wildman–Crippen MR) is 133 cm³/mol. The summed E-state index contributed by atoms with van der Waals surface area (Å²) in [5.74, 6) is 0.612. The predicted octanol–water partition coefficient (Wildman–Crippen LogP) is 3.84. The van der Waals surface area contributed by atoms with Gasteiger partial charge in [-0.05, 0) is 44.9 Å². The minimum absolute atomic E-state index is 0.0744. The Bertz CT molecular complexity index is 1430. The summed E-state index contributed by atoms with van der Waals surface area (Å²) in [6.45, 7) is 4.35. The van der Waals surface area contributed by atoms with E-state index in [9.17, 15) is 13.5 Å². The van der Waals surface area contributed by atoms with Crippen LogP contribution in [0.2, 0.25) is 0 Å². The molecule has 4 heterocycles. The lowest BCUT2D eigenvalue weighted by Gasteiger charge is -2.33. The van der Waals surface area contributed by atoms with Crippen LogP contribution in [0.3, 0.4) is 0 Å². The Morgan fingerprint density at radius 1 is 1.24 bits per heavy atom. The van der Waals surface area contributed by atoms with Crippen molar-refractivity contribution >= 4 is 32.3 Å². The van der Waals surface area contributed by atoms with Crippen LogP contribution in [0.15, 0.2) is 48.1 Å². The zero-order valence-corrected chi connectivity index (χ0v) is 20.6. The average molecular weight is 499 g/mol. The van der Waals surface area contributed by atoms with Crippen molar-refractivity contribution in [1.29, 1.82) is 0 Å². The lowest BCUT2D eigenvalue weighted by Crippen LogP contribution is -2.47. The lowest BCUT2D eigenvalue weighted by molar-refractivity contribution is 0.324. The number of nitrogens with one attached hydrogen (secondary N) is 1. The average Bonchev–Trinajstić information content (AvgIpc) is 3.41. The number of phenolic OH excluding ortho intramolecular Hbond substituents is 1. The van der Waals surface area contributed by atoms with Gasteiger partial charge in [0.1, 0.15) is 11.4 Å². The largest absolute Gasteiger partial charge is 0.508 e. The van der Waals surface area contributed by atoms with Crippen LogP contribution < -0.4 is 5.32 Å². The van der Waals surface area contributed by atoms with Crippen LogP contribution >= 0.6 is 11.3 Å². The molecule has 0 bridgehead atoms. The maximum atomic E-state index is 12.6. The number of fused-ring (bicyclic) bond motifs is 1. The Morgan fingerprint density at radius 3 is 2.88 bits per heavy atom. The van der Waals surface area contributed by atoms with Crippen LogP contribution in [0, 0.1) is 0 Å². The van der Waals surface area contributed by atoms with Crippen molar-refractivity contribution in [3.05, 3.63) is 48.1 Å². The number of aromatic hydroxyl groups is 1. The van der Waals surface area contributed by atoms with Gasteiger partial charge in [0.15, 0.2) is 4.96 Å². The van der Waals surface area contributed by atoms with E-state index < -0.39 is 15.3 Å². The van der Waals surface area contributed by atoms with Crippen LogP contribution in [0.4, 0.5) is 5.95 Å². The zero-order chi connectivity index (χ0) is 23.9. The summed E-state index contributed by atoms with van der Waals surface area (Å²) in [7, 11) is -3.30. The number of aromatic nitrogens is 4. The molecule has 0 amide bonds. The minimum atomic E-state index is -3.30. The normalized spacial score (nSPS) is 17.4. The van der Waals surface area contributed by atoms with Gasteiger partial charge in [-0.3, -0.25) is 4.40 Å². The summed E-state index contributed by atoms with van der Waals surface area (Å²) in [6, 6.07) is 8.75. The van der Waals surface area contributed by atoms with Crippen molar-refractivity contribution in [2.24, 2.45) is 0 Å². The number of hydrogen-bond acceptors (Lipinski definition) is 8. The van der Waals surface area contributed by atoms with Gasteiger partial charge >= 0.3 is 0 Å². The molecular weight excluding hydrogens is 472 g/mol. The monoisotopic (exact) mass is 498 g/mol. The topological polar surface area (TPSA) is 113 Å². The smallest absolute Gasteiger partial charge is 0.223 e. The number of piperidine rings is 1. The highest BCUT2D eigenvalue weighted by molar-refractivity contribution is 7.89. The highest BCUT2D eigenvalue weighted by Gasteiger charge is 2.31. The molecule has 1 aliphatic heterocycles. The number of sulfonamides is 1. The molecule has 0 saturated carbocycles. The molecule has 0 spiro atoms. The first-order valence-corrected chi connectivity index (χ1v) is 13.5. The maximum absolute atomic E-state index is 12.6.